The highest BCUT2D eigenvalue weighted by molar-refractivity contribution is 7.93. The second-order valence-corrected chi connectivity index (χ2v) is 10.2. The monoisotopic (exact) mass is 528 g/mol. The smallest absolute Gasteiger partial charge is 0.243 e. The van der Waals surface area contributed by atoms with Crippen molar-refractivity contribution in [1.29, 1.82) is 0 Å². The lowest BCUT2D eigenvalue weighted by Crippen LogP contribution is -2.31. The Morgan fingerprint density at radius 2 is 1.65 bits per heavy atom. The van der Waals surface area contributed by atoms with Gasteiger partial charge in [-0.2, -0.15) is 5.10 Å². The normalized spacial score (nSPS) is 13.1. The lowest BCUT2D eigenvalue weighted by atomic mass is 10.1. The van der Waals surface area contributed by atoms with E-state index in [1.165, 1.54) is 38.3 Å². The molecule has 4 aromatic rings. The summed E-state index contributed by atoms with van der Waals surface area (Å²) < 4.78 is 49.0. The Morgan fingerprint density at radius 3 is 2.19 bits per heavy atom. The molecule has 0 saturated carbocycles. The molecule has 0 saturated heterocycles. The van der Waals surface area contributed by atoms with Gasteiger partial charge in [-0.3, -0.25) is 19.0 Å². The Morgan fingerprint density at radius 1 is 0.946 bits per heavy atom. The van der Waals surface area contributed by atoms with Crippen LogP contribution in [0.25, 0.3) is 17.2 Å². The Kier molecular flexibility index (Phi) is 7.29. The maximum atomic E-state index is 13.5. The summed E-state index contributed by atoms with van der Waals surface area (Å²) in [6, 6.07) is 6.96. The summed E-state index contributed by atoms with van der Waals surface area (Å²) in [6.07, 6.45) is 4.69. The number of benzene rings is 1. The van der Waals surface area contributed by atoms with Gasteiger partial charge >= 0.3 is 0 Å². The molecule has 14 heteroatoms. The van der Waals surface area contributed by atoms with Gasteiger partial charge < -0.3 is 14.2 Å². The van der Waals surface area contributed by atoms with Crippen LogP contribution in [-0.4, -0.2) is 69.5 Å². The number of methoxy groups -OCH3 is 3. The summed E-state index contributed by atoms with van der Waals surface area (Å²) in [6.45, 7) is 3.34. The highest BCUT2D eigenvalue weighted by Gasteiger charge is 2.32. The summed E-state index contributed by atoms with van der Waals surface area (Å²) in [5.41, 5.74) is 1.39. The van der Waals surface area contributed by atoms with Gasteiger partial charge in [0.15, 0.2) is 5.82 Å². The van der Waals surface area contributed by atoms with Gasteiger partial charge in [-0.05, 0) is 25.1 Å². The zero-order valence-corrected chi connectivity index (χ0v) is 22.1. The fourth-order valence-electron chi connectivity index (χ4n) is 3.71. The zero-order chi connectivity index (χ0) is 26.7. The second kappa shape index (κ2) is 10.4. The van der Waals surface area contributed by atoms with E-state index >= 15 is 0 Å². The van der Waals surface area contributed by atoms with Crippen LogP contribution in [0.3, 0.4) is 0 Å². The van der Waals surface area contributed by atoms with E-state index in [2.05, 4.69) is 30.0 Å². The first kappa shape index (κ1) is 25.9. The SMILES string of the molecule is COc1cnc(C(C)[C@H](C)S(=O)(=O)Nc2nnc(-c3ccn(C)n3)n2-c2c(OC)cccc2OC)cn1. The minimum absolute atomic E-state index is 0.0525. The minimum Gasteiger partial charge on any atom is -0.494 e. The lowest BCUT2D eigenvalue weighted by Gasteiger charge is -2.21. The van der Waals surface area contributed by atoms with Crippen molar-refractivity contribution in [2.75, 3.05) is 26.1 Å². The van der Waals surface area contributed by atoms with Crippen LogP contribution in [0.15, 0.2) is 42.9 Å². The van der Waals surface area contributed by atoms with Crippen LogP contribution in [-0.2, 0) is 17.1 Å². The first-order chi connectivity index (χ1) is 17.7. The van der Waals surface area contributed by atoms with Crippen molar-refractivity contribution in [2.45, 2.75) is 25.0 Å². The molecule has 0 radical (unpaired) electrons. The molecule has 0 aliphatic carbocycles. The van der Waals surface area contributed by atoms with Crippen molar-refractivity contribution in [3.63, 3.8) is 0 Å². The van der Waals surface area contributed by atoms with Crippen molar-refractivity contribution >= 4 is 16.0 Å². The third kappa shape index (κ3) is 5.05. The molecule has 1 N–H and O–H groups in total. The molecule has 37 heavy (non-hydrogen) atoms. The van der Waals surface area contributed by atoms with Crippen LogP contribution in [0, 0.1) is 0 Å². The van der Waals surface area contributed by atoms with Gasteiger partial charge in [0.1, 0.15) is 22.9 Å². The third-order valence-electron chi connectivity index (χ3n) is 5.98. The van der Waals surface area contributed by atoms with Crippen LogP contribution in [0.2, 0.25) is 0 Å². The molecule has 2 atom stereocenters. The number of aryl methyl sites for hydroxylation is 1. The number of hydrogen-bond acceptors (Lipinski definition) is 10. The van der Waals surface area contributed by atoms with E-state index in [0.717, 1.165) is 0 Å². The number of rotatable bonds is 10. The molecule has 0 bridgehead atoms. The van der Waals surface area contributed by atoms with E-state index in [9.17, 15) is 8.42 Å². The van der Waals surface area contributed by atoms with Crippen molar-refractivity contribution in [3.05, 3.63) is 48.5 Å². The molecule has 3 aromatic heterocycles. The number of anilines is 1. The Labute approximate surface area is 214 Å². The van der Waals surface area contributed by atoms with E-state index < -0.39 is 21.2 Å². The van der Waals surface area contributed by atoms with Gasteiger partial charge in [0.25, 0.3) is 0 Å². The summed E-state index contributed by atoms with van der Waals surface area (Å²) in [5.74, 6) is 0.929. The van der Waals surface area contributed by atoms with Crippen molar-refractivity contribution in [2.24, 2.45) is 7.05 Å². The summed E-state index contributed by atoms with van der Waals surface area (Å²) in [4.78, 5) is 8.43. The Balaban J connectivity index is 1.79. The first-order valence-electron chi connectivity index (χ1n) is 11.2. The molecular formula is C23H28N8O5S. The molecule has 1 aromatic carbocycles. The average Bonchev–Trinajstić information content (AvgIpc) is 3.52. The Hall–Kier alpha value is -4.20. The molecule has 0 aliphatic heterocycles. The number of aromatic nitrogens is 7. The summed E-state index contributed by atoms with van der Waals surface area (Å²) in [7, 11) is 2.27. The molecular weight excluding hydrogens is 500 g/mol. The molecule has 0 aliphatic rings. The number of nitrogens with zero attached hydrogens (tertiary/aromatic N) is 7. The van der Waals surface area contributed by atoms with Gasteiger partial charge in [0.05, 0.1) is 44.7 Å². The third-order valence-corrected chi connectivity index (χ3v) is 7.84. The molecule has 0 spiro atoms. The van der Waals surface area contributed by atoms with E-state index in [1.807, 2.05) is 0 Å². The minimum atomic E-state index is -3.99. The number of hydrogen-bond donors (Lipinski definition) is 1. The highest BCUT2D eigenvalue weighted by atomic mass is 32.2. The molecule has 0 fully saturated rings. The van der Waals surface area contributed by atoms with E-state index in [-0.39, 0.29) is 5.95 Å². The molecule has 3 heterocycles. The predicted octanol–water partition coefficient (Wildman–Crippen LogP) is 2.42. The fourth-order valence-corrected chi connectivity index (χ4v) is 4.96. The highest BCUT2D eigenvalue weighted by Crippen LogP contribution is 2.37. The van der Waals surface area contributed by atoms with E-state index in [4.69, 9.17) is 14.2 Å². The lowest BCUT2D eigenvalue weighted by molar-refractivity contribution is 0.391. The summed E-state index contributed by atoms with van der Waals surface area (Å²) in [5, 5.41) is 11.9. The van der Waals surface area contributed by atoms with Crippen molar-refractivity contribution in [3.8, 4) is 34.6 Å². The maximum Gasteiger partial charge on any atom is 0.243 e. The van der Waals surface area contributed by atoms with Crippen LogP contribution < -0.4 is 18.9 Å². The van der Waals surface area contributed by atoms with Crippen molar-refractivity contribution < 1.29 is 22.6 Å². The topological polar surface area (TPSA) is 148 Å². The largest absolute Gasteiger partial charge is 0.494 e. The average molecular weight is 529 g/mol. The standard InChI is InChI=1S/C23H28N8O5S/c1-14(17-12-25-20(36-6)13-24-17)15(2)37(32,33)29-23-27-26-22(16-10-11-30(3)28-16)31(23)21-18(34-4)8-7-9-19(21)35-5/h7-15H,1-6H3,(H,27,29)/t14?,15-/m0/s1. The molecule has 0 amide bonds. The summed E-state index contributed by atoms with van der Waals surface area (Å²) >= 11 is 0. The van der Waals surface area contributed by atoms with Crippen LogP contribution in [0.1, 0.15) is 25.5 Å². The molecule has 1 unspecified atom stereocenters. The van der Waals surface area contributed by atoms with Crippen LogP contribution in [0.5, 0.6) is 17.4 Å². The number of ether oxygens (including phenoxy) is 3. The first-order valence-corrected chi connectivity index (χ1v) is 12.8. The Bertz CT molecular complexity index is 1460. The van der Waals surface area contributed by atoms with Gasteiger partial charge in [-0.1, -0.05) is 13.0 Å². The maximum absolute atomic E-state index is 13.5. The van der Waals surface area contributed by atoms with Crippen molar-refractivity contribution in [1.82, 2.24) is 34.5 Å². The van der Waals surface area contributed by atoms with Crippen LogP contribution in [0.4, 0.5) is 5.95 Å². The molecule has 196 valence electrons. The van der Waals surface area contributed by atoms with Gasteiger partial charge in [0, 0.05) is 19.2 Å². The second-order valence-electron chi connectivity index (χ2n) is 8.19. The predicted molar refractivity (Wildman–Crippen MR) is 136 cm³/mol. The number of sulfonamides is 1. The fraction of sp³-hybridized carbons (Fsp3) is 0.348. The number of nitrogens with one attached hydrogen (secondary N) is 1. The van der Waals surface area contributed by atoms with Gasteiger partial charge in [-0.25, -0.2) is 13.4 Å². The van der Waals surface area contributed by atoms with Gasteiger partial charge in [0.2, 0.25) is 21.9 Å². The molecule has 4 rings (SSSR count). The molecule has 13 nitrogen and oxygen atoms in total. The van der Waals surface area contributed by atoms with Crippen LogP contribution >= 0.6 is 0 Å². The zero-order valence-electron chi connectivity index (χ0n) is 21.3. The van der Waals surface area contributed by atoms with Gasteiger partial charge in [-0.15, -0.1) is 10.2 Å². The number of para-hydroxylation sites is 1. The van der Waals surface area contributed by atoms with E-state index in [1.54, 1.807) is 56.0 Å². The quantitative estimate of drug-likeness (QED) is 0.325. The van der Waals surface area contributed by atoms with E-state index in [0.29, 0.717) is 40.3 Å².